The number of fused-ring (bicyclic) bond motifs is 3. The zero-order chi connectivity index (χ0) is 13.3. The van der Waals surface area contributed by atoms with Crippen molar-refractivity contribution in [3.63, 3.8) is 0 Å². The molecule has 2 aromatic rings. The van der Waals surface area contributed by atoms with Crippen molar-refractivity contribution in [2.75, 3.05) is 5.73 Å². The third kappa shape index (κ3) is 1.21. The lowest BCUT2D eigenvalue weighted by molar-refractivity contribution is -0.0351. The number of ether oxygens (including phenoxy) is 1. The van der Waals surface area contributed by atoms with Gasteiger partial charge in [-0.2, -0.15) is 0 Å². The first-order valence-electron chi connectivity index (χ1n) is 5.84. The summed E-state index contributed by atoms with van der Waals surface area (Å²) in [6.07, 6.45) is -3.82. The van der Waals surface area contributed by atoms with Gasteiger partial charge in [-0.1, -0.05) is 5.21 Å². The van der Waals surface area contributed by atoms with Crippen LogP contribution in [0.15, 0.2) is 10.9 Å². The van der Waals surface area contributed by atoms with Crippen molar-refractivity contribution in [3.05, 3.63) is 16.4 Å². The molecule has 2 unspecified atom stereocenters. The number of aliphatic hydroxyl groups is 2. The highest BCUT2D eigenvalue weighted by Gasteiger charge is 2.47. The molecule has 0 aromatic carbocycles. The summed E-state index contributed by atoms with van der Waals surface area (Å²) in [6.45, 7) is 0.202. The van der Waals surface area contributed by atoms with Crippen LogP contribution in [0, 0.1) is 0 Å². The van der Waals surface area contributed by atoms with Crippen molar-refractivity contribution in [2.24, 2.45) is 0 Å². The summed E-state index contributed by atoms with van der Waals surface area (Å²) in [6, 6.07) is 1.21. The maximum atomic E-state index is 12.1. The minimum Gasteiger partial charge on any atom is -0.397 e. The van der Waals surface area contributed by atoms with E-state index in [2.05, 4.69) is 10.3 Å². The van der Waals surface area contributed by atoms with E-state index in [0.717, 1.165) is 0 Å². The van der Waals surface area contributed by atoms with Crippen LogP contribution in [0.5, 0.6) is 0 Å². The number of aromatic nitrogens is 4. The van der Waals surface area contributed by atoms with Crippen LogP contribution in [0.3, 0.4) is 0 Å². The molecule has 0 spiro atoms. The minimum absolute atomic E-state index is 0.202. The third-order valence-corrected chi connectivity index (χ3v) is 3.67. The van der Waals surface area contributed by atoms with Gasteiger partial charge in [0.25, 0.3) is 5.56 Å². The summed E-state index contributed by atoms with van der Waals surface area (Å²) in [4.78, 5) is 12.1. The molecule has 2 aliphatic rings. The van der Waals surface area contributed by atoms with E-state index in [-0.39, 0.29) is 12.2 Å². The average molecular weight is 265 g/mol. The van der Waals surface area contributed by atoms with Crippen LogP contribution in [0.25, 0.3) is 11.2 Å². The second-order valence-electron chi connectivity index (χ2n) is 4.80. The van der Waals surface area contributed by atoms with Crippen molar-refractivity contribution in [2.45, 2.75) is 31.1 Å². The molecule has 2 aliphatic heterocycles. The SMILES string of the molecule is Nc1cc(=O)n2c3c1nnn3C[C@H]1O[C@@H]2C(O)C1O. The van der Waals surface area contributed by atoms with Crippen LogP contribution >= 0.6 is 0 Å². The molecule has 0 radical (unpaired) electrons. The van der Waals surface area contributed by atoms with Crippen LogP contribution in [0.1, 0.15) is 6.23 Å². The molecule has 4 heterocycles. The molecule has 9 heteroatoms. The highest BCUT2D eigenvalue weighted by Crippen LogP contribution is 2.34. The minimum atomic E-state index is -1.17. The third-order valence-electron chi connectivity index (χ3n) is 3.67. The molecule has 4 rings (SSSR count). The Labute approximate surface area is 105 Å². The summed E-state index contributed by atoms with van der Waals surface area (Å²) in [7, 11) is 0. The summed E-state index contributed by atoms with van der Waals surface area (Å²) in [5.74, 6) is 0. The standard InChI is InChI=1S/C10H11N5O4/c11-3-1-5(16)15-9-6(3)12-13-14(9)2-4-7(17)8(18)10(15)19-4/h1,4,7-8,10,17-18H,2,11H2/t4-,7?,8?,10-/m1/s1. The Morgan fingerprint density at radius 2 is 2.21 bits per heavy atom. The lowest BCUT2D eigenvalue weighted by Crippen LogP contribution is -2.38. The maximum absolute atomic E-state index is 12.1. The fourth-order valence-corrected chi connectivity index (χ4v) is 2.74. The topological polar surface area (TPSA) is 128 Å². The first-order valence-corrected chi connectivity index (χ1v) is 5.84. The van der Waals surface area contributed by atoms with Crippen LogP contribution in [-0.2, 0) is 11.3 Å². The lowest BCUT2D eigenvalue weighted by atomic mass is 10.1. The predicted molar refractivity (Wildman–Crippen MR) is 62.1 cm³/mol. The normalized spacial score (nSPS) is 32.7. The van der Waals surface area contributed by atoms with Gasteiger partial charge in [0.2, 0.25) is 0 Å². The van der Waals surface area contributed by atoms with Gasteiger partial charge in [-0.25, -0.2) is 4.68 Å². The van der Waals surface area contributed by atoms with Gasteiger partial charge in [-0.05, 0) is 0 Å². The molecule has 4 atom stereocenters. The first-order chi connectivity index (χ1) is 9.08. The van der Waals surface area contributed by atoms with Gasteiger partial charge >= 0.3 is 0 Å². The number of hydrogen-bond acceptors (Lipinski definition) is 7. The summed E-state index contributed by atoms with van der Waals surface area (Å²) in [5, 5.41) is 27.7. The Morgan fingerprint density at radius 3 is 3.00 bits per heavy atom. The number of pyridine rings is 1. The van der Waals surface area contributed by atoms with Crippen LogP contribution in [0.4, 0.5) is 5.69 Å². The van der Waals surface area contributed by atoms with E-state index in [4.69, 9.17) is 10.5 Å². The smallest absolute Gasteiger partial charge is 0.256 e. The van der Waals surface area contributed by atoms with E-state index in [1.807, 2.05) is 0 Å². The summed E-state index contributed by atoms with van der Waals surface area (Å²) >= 11 is 0. The van der Waals surface area contributed by atoms with Gasteiger partial charge in [0, 0.05) is 6.07 Å². The molecular formula is C10H11N5O4. The quantitative estimate of drug-likeness (QED) is 0.493. The van der Waals surface area contributed by atoms with Gasteiger partial charge < -0.3 is 20.7 Å². The molecule has 0 aliphatic carbocycles. The summed E-state index contributed by atoms with van der Waals surface area (Å²) in [5.41, 5.74) is 6.35. The number of nitrogens with zero attached hydrogens (tertiary/aromatic N) is 4. The van der Waals surface area contributed by atoms with E-state index >= 15 is 0 Å². The Hall–Kier alpha value is -1.97. The van der Waals surface area contributed by atoms with Gasteiger partial charge in [-0.3, -0.25) is 9.36 Å². The Bertz CT molecular complexity index is 737. The van der Waals surface area contributed by atoms with Crippen molar-refractivity contribution in [1.29, 1.82) is 0 Å². The van der Waals surface area contributed by atoms with Gasteiger partial charge in [0.1, 0.15) is 18.3 Å². The molecule has 2 bridgehead atoms. The van der Waals surface area contributed by atoms with E-state index in [0.29, 0.717) is 11.2 Å². The molecule has 1 saturated heterocycles. The Kier molecular flexibility index (Phi) is 1.91. The van der Waals surface area contributed by atoms with Crippen molar-refractivity contribution < 1.29 is 14.9 Å². The van der Waals surface area contributed by atoms with Crippen molar-refractivity contribution in [1.82, 2.24) is 19.6 Å². The Morgan fingerprint density at radius 1 is 1.42 bits per heavy atom. The zero-order valence-electron chi connectivity index (χ0n) is 9.67. The number of aliphatic hydroxyl groups excluding tert-OH is 2. The maximum Gasteiger partial charge on any atom is 0.256 e. The van der Waals surface area contributed by atoms with Crippen LogP contribution < -0.4 is 11.3 Å². The van der Waals surface area contributed by atoms with E-state index in [1.165, 1.54) is 15.3 Å². The van der Waals surface area contributed by atoms with Crippen molar-refractivity contribution in [3.8, 4) is 0 Å². The van der Waals surface area contributed by atoms with Gasteiger partial charge in [0.15, 0.2) is 17.4 Å². The van der Waals surface area contributed by atoms with E-state index in [9.17, 15) is 15.0 Å². The molecule has 2 aromatic heterocycles. The van der Waals surface area contributed by atoms with Gasteiger partial charge in [-0.15, -0.1) is 5.10 Å². The van der Waals surface area contributed by atoms with Crippen LogP contribution in [0.2, 0.25) is 0 Å². The molecule has 1 fully saturated rings. The fourth-order valence-electron chi connectivity index (χ4n) is 2.74. The molecule has 0 saturated carbocycles. The average Bonchev–Trinajstić information content (AvgIpc) is 2.82. The van der Waals surface area contributed by atoms with Gasteiger partial charge in [0.05, 0.1) is 12.2 Å². The summed E-state index contributed by atoms with van der Waals surface area (Å²) < 4.78 is 8.24. The molecule has 19 heavy (non-hydrogen) atoms. The molecule has 0 amide bonds. The number of anilines is 1. The predicted octanol–water partition coefficient (Wildman–Crippen LogP) is -2.19. The first kappa shape index (κ1) is 10.9. The van der Waals surface area contributed by atoms with E-state index in [1.54, 1.807) is 0 Å². The van der Waals surface area contributed by atoms with E-state index < -0.39 is 30.1 Å². The molecule has 4 N–H and O–H groups in total. The molecule has 100 valence electrons. The number of nitrogens with two attached hydrogens (primary N) is 1. The zero-order valence-corrected chi connectivity index (χ0v) is 9.67. The van der Waals surface area contributed by atoms with Crippen molar-refractivity contribution >= 4 is 16.9 Å². The number of rotatable bonds is 0. The monoisotopic (exact) mass is 265 g/mol. The second kappa shape index (κ2) is 3.32. The molecular weight excluding hydrogens is 254 g/mol. The fraction of sp³-hybridized carbons (Fsp3) is 0.500. The van der Waals surface area contributed by atoms with Crippen LogP contribution in [-0.4, -0.2) is 48.1 Å². The number of nitrogen functional groups attached to an aromatic ring is 1. The largest absolute Gasteiger partial charge is 0.397 e. The number of hydrogen-bond donors (Lipinski definition) is 3. The second-order valence-corrected chi connectivity index (χ2v) is 4.80. The highest BCUT2D eigenvalue weighted by molar-refractivity contribution is 5.83. The lowest BCUT2D eigenvalue weighted by Gasteiger charge is -2.19. The highest BCUT2D eigenvalue weighted by atomic mass is 16.6. The Balaban J connectivity index is 2.11. The molecule has 9 nitrogen and oxygen atoms in total.